The lowest BCUT2D eigenvalue weighted by molar-refractivity contribution is 0.280. The summed E-state index contributed by atoms with van der Waals surface area (Å²) in [6.45, 7) is 3.18. The van der Waals surface area contributed by atoms with E-state index in [4.69, 9.17) is 4.98 Å². The summed E-state index contributed by atoms with van der Waals surface area (Å²) in [5.41, 5.74) is 2.09. The average molecular weight is 301 g/mol. The maximum absolute atomic E-state index is 4.69. The number of rotatable bonds is 5. The second-order valence-electron chi connectivity index (χ2n) is 5.93. The number of aromatic nitrogens is 2. The van der Waals surface area contributed by atoms with E-state index in [1.165, 1.54) is 32.1 Å². The maximum atomic E-state index is 4.69. The van der Waals surface area contributed by atoms with Crippen LogP contribution in [0.3, 0.4) is 0 Å². The highest BCUT2D eigenvalue weighted by molar-refractivity contribution is 7.13. The average Bonchev–Trinajstić information content (AvgIpc) is 3.03. The van der Waals surface area contributed by atoms with E-state index >= 15 is 0 Å². The molecule has 21 heavy (non-hydrogen) atoms. The highest BCUT2D eigenvalue weighted by Gasteiger charge is 2.19. The van der Waals surface area contributed by atoms with E-state index in [1.54, 1.807) is 11.3 Å². The van der Waals surface area contributed by atoms with Gasteiger partial charge in [-0.3, -0.25) is 4.98 Å². The molecule has 0 saturated heterocycles. The molecule has 0 spiro atoms. The first kappa shape index (κ1) is 14.7. The molecule has 2 aromatic rings. The van der Waals surface area contributed by atoms with Gasteiger partial charge in [0.1, 0.15) is 5.01 Å². The Morgan fingerprint density at radius 1 is 1.29 bits per heavy atom. The molecule has 112 valence electrons. The van der Waals surface area contributed by atoms with Crippen LogP contribution in [0, 0.1) is 5.92 Å². The van der Waals surface area contributed by atoms with Gasteiger partial charge >= 0.3 is 0 Å². The third-order valence-electron chi connectivity index (χ3n) is 4.40. The van der Waals surface area contributed by atoms with Crippen molar-refractivity contribution in [3.8, 4) is 10.7 Å². The standard InChI is InChI=1S/C17H23N3S/c1-13(14-7-3-2-4-8-14)19-11-15-12-21-17(20-15)16-9-5-6-10-18-16/h5-6,9-10,12-14,19H,2-4,7-8,11H2,1H3. The van der Waals surface area contributed by atoms with Crippen LogP contribution in [0.1, 0.15) is 44.7 Å². The van der Waals surface area contributed by atoms with Gasteiger partial charge in [-0.15, -0.1) is 11.3 Å². The van der Waals surface area contributed by atoms with Crippen molar-refractivity contribution in [2.75, 3.05) is 0 Å². The molecule has 1 N–H and O–H groups in total. The van der Waals surface area contributed by atoms with Gasteiger partial charge in [-0.25, -0.2) is 4.98 Å². The van der Waals surface area contributed by atoms with Crippen LogP contribution in [0.4, 0.5) is 0 Å². The summed E-state index contributed by atoms with van der Waals surface area (Å²) in [6, 6.07) is 6.55. The minimum Gasteiger partial charge on any atom is -0.308 e. The van der Waals surface area contributed by atoms with E-state index < -0.39 is 0 Å². The highest BCUT2D eigenvalue weighted by atomic mass is 32.1. The van der Waals surface area contributed by atoms with Crippen molar-refractivity contribution in [1.82, 2.24) is 15.3 Å². The van der Waals surface area contributed by atoms with Gasteiger partial charge in [0, 0.05) is 24.2 Å². The Labute approximate surface area is 130 Å². The second kappa shape index (κ2) is 7.14. The fraction of sp³-hybridized carbons (Fsp3) is 0.529. The smallest absolute Gasteiger partial charge is 0.142 e. The van der Waals surface area contributed by atoms with Crippen molar-refractivity contribution in [3.63, 3.8) is 0 Å². The van der Waals surface area contributed by atoms with E-state index in [1.807, 2.05) is 24.4 Å². The number of thiazole rings is 1. The summed E-state index contributed by atoms with van der Waals surface area (Å²) in [6.07, 6.45) is 8.80. The Morgan fingerprint density at radius 3 is 2.90 bits per heavy atom. The fourth-order valence-electron chi connectivity index (χ4n) is 3.06. The lowest BCUT2D eigenvalue weighted by Gasteiger charge is -2.28. The van der Waals surface area contributed by atoms with Crippen LogP contribution in [-0.4, -0.2) is 16.0 Å². The van der Waals surface area contributed by atoms with Gasteiger partial charge in [0.05, 0.1) is 11.4 Å². The molecule has 1 aliphatic rings. The molecule has 2 aromatic heterocycles. The molecule has 0 aliphatic heterocycles. The first-order chi connectivity index (χ1) is 10.3. The molecule has 3 nitrogen and oxygen atoms in total. The summed E-state index contributed by atoms with van der Waals surface area (Å²) in [7, 11) is 0. The van der Waals surface area contributed by atoms with Gasteiger partial charge in [0.2, 0.25) is 0 Å². The minimum absolute atomic E-state index is 0.588. The molecule has 4 heteroatoms. The first-order valence-electron chi connectivity index (χ1n) is 7.92. The van der Waals surface area contributed by atoms with Gasteiger partial charge in [-0.05, 0) is 37.8 Å². The summed E-state index contributed by atoms with van der Waals surface area (Å²) in [5, 5.41) is 6.81. The summed E-state index contributed by atoms with van der Waals surface area (Å²) >= 11 is 1.68. The van der Waals surface area contributed by atoms with Gasteiger partial charge in [0.25, 0.3) is 0 Å². The van der Waals surface area contributed by atoms with Crippen LogP contribution < -0.4 is 5.32 Å². The minimum atomic E-state index is 0.588. The van der Waals surface area contributed by atoms with Gasteiger partial charge in [-0.1, -0.05) is 25.3 Å². The van der Waals surface area contributed by atoms with Crippen LogP contribution >= 0.6 is 11.3 Å². The zero-order valence-electron chi connectivity index (χ0n) is 12.6. The SMILES string of the molecule is CC(NCc1csc(-c2ccccn2)n1)C1CCCCC1. The lowest BCUT2D eigenvalue weighted by Crippen LogP contribution is -2.34. The van der Waals surface area contributed by atoms with E-state index in [9.17, 15) is 0 Å². The van der Waals surface area contributed by atoms with Crippen LogP contribution in [0.2, 0.25) is 0 Å². The van der Waals surface area contributed by atoms with Crippen LogP contribution in [0.25, 0.3) is 10.7 Å². The van der Waals surface area contributed by atoms with Gasteiger partial charge in [-0.2, -0.15) is 0 Å². The lowest BCUT2D eigenvalue weighted by atomic mass is 9.84. The zero-order chi connectivity index (χ0) is 14.5. The van der Waals surface area contributed by atoms with Crippen LogP contribution in [-0.2, 0) is 6.54 Å². The Kier molecular flexibility index (Phi) is 4.99. The van der Waals surface area contributed by atoms with Crippen molar-refractivity contribution in [3.05, 3.63) is 35.5 Å². The topological polar surface area (TPSA) is 37.8 Å². The summed E-state index contributed by atoms with van der Waals surface area (Å²) in [5.74, 6) is 0.840. The highest BCUT2D eigenvalue weighted by Crippen LogP contribution is 2.27. The van der Waals surface area contributed by atoms with Crippen LogP contribution in [0.15, 0.2) is 29.8 Å². The number of pyridine rings is 1. The fourth-order valence-corrected chi connectivity index (χ4v) is 3.86. The summed E-state index contributed by atoms with van der Waals surface area (Å²) in [4.78, 5) is 9.05. The van der Waals surface area contributed by atoms with Crippen LogP contribution in [0.5, 0.6) is 0 Å². The molecule has 1 fully saturated rings. The van der Waals surface area contributed by atoms with E-state index in [-0.39, 0.29) is 0 Å². The Hall–Kier alpha value is -1.26. The van der Waals surface area contributed by atoms with E-state index in [2.05, 4.69) is 22.6 Å². The largest absolute Gasteiger partial charge is 0.308 e. The monoisotopic (exact) mass is 301 g/mol. The Bertz CT molecular complexity index is 546. The normalized spacial score (nSPS) is 17.8. The maximum Gasteiger partial charge on any atom is 0.142 e. The van der Waals surface area contributed by atoms with Crippen molar-refractivity contribution in [2.45, 2.75) is 51.6 Å². The molecule has 1 saturated carbocycles. The zero-order valence-corrected chi connectivity index (χ0v) is 13.4. The molecule has 1 aliphatic carbocycles. The molecule has 2 heterocycles. The number of hydrogen-bond donors (Lipinski definition) is 1. The molecular weight excluding hydrogens is 278 g/mol. The number of nitrogens with one attached hydrogen (secondary N) is 1. The Morgan fingerprint density at radius 2 is 2.14 bits per heavy atom. The third kappa shape index (κ3) is 3.89. The molecule has 3 rings (SSSR count). The molecule has 0 radical (unpaired) electrons. The number of nitrogens with zero attached hydrogens (tertiary/aromatic N) is 2. The Balaban J connectivity index is 1.55. The molecule has 0 amide bonds. The second-order valence-corrected chi connectivity index (χ2v) is 6.78. The molecule has 0 aromatic carbocycles. The quantitative estimate of drug-likeness (QED) is 0.896. The summed E-state index contributed by atoms with van der Waals surface area (Å²) < 4.78 is 0. The third-order valence-corrected chi connectivity index (χ3v) is 5.31. The van der Waals surface area contributed by atoms with E-state index in [0.717, 1.165) is 28.9 Å². The molecular formula is C17H23N3S. The van der Waals surface area contributed by atoms with Gasteiger partial charge < -0.3 is 5.32 Å². The van der Waals surface area contributed by atoms with Crippen molar-refractivity contribution in [2.24, 2.45) is 5.92 Å². The predicted molar refractivity (Wildman–Crippen MR) is 88.2 cm³/mol. The van der Waals surface area contributed by atoms with Crippen molar-refractivity contribution < 1.29 is 0 Å². The van der Waals surface area contributed by atoms with Crippen molar-refractivity contribution >= 4 is 11.3 Å². The van der Waals surface area contributed by atoms with Gasteiger partial charge in [0.15, 0.2) is 0 Å². The van der Waals surface area contributed by atoms with Crippen molar-refractivity contribution in [1.29, 1.82) is 0 Å². The first-order valence-corrected chi connectivity index (χ1v) is 8.80. The molecule has 0 bridgehead atoms. The number of hydrogen-bond acceptors (Lipinski definition) is 4. The van der Waals surface area contributed by atoms with E-state index in [0.29, 0.717) is 6.04 Å². The molecule has 1 unspecified atom stereocenters. The molecule has 1 atom stereocenters. The predicted octanol–water partition coefficient (Wildman–Crippen LogP) is 4.26.